The quantitative estimate of drug-likeness (QED) is 0.347. The topological polar surface area (TPSA) is 117 Å². The van der Waals surface area contributed by atoms with E-state index >= 15 is 0 Å². The molecule has 0 aliphatic rings. The summed E-state index contributed by atoms with van der Waals surface area (Å²) in [4.78, 5) is 11.1. The molecule has 4 aromatic rings. The average molecular weight is 478 g/mol. The van der Waals surface area contributed by atoms with E-state index < -0.39 is 28.1 Å². The number of fused-ring (bicyclic) bond motifs is 1. The lowest BCUT2D eigenvalue weighted by Crippen LogP contribution is -2.47. The minimum Gasteiger partial charge on any atom is -0.480 e. The smallest absolute Gasteiger partial charge is 0.324 e. The molecule has 34 heavy (non-hydrogen) atoms. The summed E-state index contributed by atoms with van der Waals surface area (Å²) in [6, 6.07) is 22.0. The molecule has 1 heterocycles. The second-order valence-corrected chi connectivity index (χ2v) is 9.56. The maximum Gasteiger partial charge on any atom is 0.324 e. The lowest BCUT2D eigenvalue weighted by atomic mass is 10.0. The molecule has 0 saturated heterocycles. The van der Waals surface area contributed by atoms with Crippen molar-refractivity contribution >= 4 is 39.1 Å². The van der Waals surface area contributed by atoms with Crippen LogP contribution in [-0.2, 0) is 14.8 Å². The number of rotatable bonds is 8. The summed E-state index contributed by atoms with van der Waals surface area (Å²) in [5.74, 6) is -0.693. The maximum absolute atomic E-state index is 12.5. The summed E-state index contributed by atoms with van der Waals surface area (Å²) in [6.45, 7) is 1.21. The van der Waals surface area contributed by atoms with E-state index in [-0.39, 0.29) is 4.90 Å². The summed E-state index contributed by atoms with van der Waals surface area (Å²) in [5.41, 5.74) is 3.51. The lowest BCUT2D eigenvalue weighted by molar-refractivity contribution is -0.141. The van der Waals surface area contributed by atoms with E-state index in [1.54, 1.807) is 12.1 Å². The summed E-state index contributed by atoms with van der Waals surface area (Å²) in [6.07, 6.45) is 2.47. The number of furan rings is 1. The minimum absolute atomic E-state index is 0.0893. The molecular weight excluding hydrogens is 454 g/mol. The van der Waals surface area contributed by atoms with Crippen LogP contribution in [0, 0.1) is 0 Å². The highest BCUT2D eigenvalue weighted by Gasteiger charge is 2.29. The first-order chi connectivity index (χ1) is 16.2. The van der Waals surface area contributed by atoms with Crippen LogP contribution in [0.25, 0.3) is 34.2 Å². The molecular formula is C26H23NO6S. The molecule has 0 aliphatic carbocycles. The van der Waals surface area contributed by atoms with Crippen LogP contribution >= 0.6 is 0 Å². The van der Waals surface area contributed by atoms with Crippen molar-refractivity contribution in [2.45, 2.75) is 24.0 Å². The van der Waals surface area contributed by atoms with Gasteiger partial charge in [0.25, 0.3) is 0 Å². The fourth-order valence-electron chi connectivity index (χ4n) is 3.47. The second-order valence-electron chi connectivity index (χ2n) is 7.84. The van der Waals surface area contributed by atoms with Gasteiger partial charge in [0.2, 0.25) is 10.0 Å². The van der Waals surface area contributed by atoms with Crippen molar-refractivity contribution in [1.82, 2.24) is 4.72 Å². The van der Waals surface area contributed by atoms with E-state index in [9.17, 15) is 18.3 Å². The molecule has 8 heteroatoms. The molecule has 1 aromatic heterocycles. The van der Waals surface area contributed by atoms with Gasteiger partial charge in [-0.25, -0.2) is 8.42 Å². The van der Waals surface area contributed by atoms with Crippen molar-refractivity contribution in [3.8, 4) is 11.1 Å². The number of aliphatic hydroxyl groups excluding tert-OH is 1. The SMILES string of the molecule is CC(O)[C@@H](NS(=O)(=O)c1ccc(-c2ccc(/C=C/c3cc4ccccc4o3)cc2)cc1)C(=O)O. The van der Waals surface area contributed by atoms with E-state index in [0.717, 1.165) is 33.4 Å². The van der Waals surface area contributed by atoms with Crippen molar-refractivity contribution in [2.24, 2.45) is 0 Å². The largest absolute Gasteiger partial charge is 0.480 e. The molecule has 0 spiro atoms. The third kappa shape index (κ3) is 5.26. The summed E-state index contributed by atoms with van der Waals surface area (Å²) in [7, 11) is -4.11. The highest BCUT2D eigenvalue weighted by molar-refractivity contribution is 7.89. The number of sulfonamides is 1. The Bertz CT molecular complexity index is 1400. The van der Waals surface area contributed by atoms with Gasteiger partial charge in [-0.2, -0.15) is 4.72 Å². The number of para-hydroxylation sites is 1. The molecule has 4 rings (SSSR count). The Balaban J connectivity index is 1.47. The number of aliphatic carboxylic acids is 1. The Morgan fingerprint density at radius 3 is 2.15 bits per heavy atom. The predicted octanol–water partition coefficient (Wildman–Crippen LogP) is 4.38. The van der Waals surface area contributed by atoms with Crippen LogP contribution in [0.4, 0.5) is 0 Å². The van der Waals surface area contributed by atoms with Crippen LogP contribution in [0.15, 0.2) is 88.2 Å². The minimum atomic E-state index is -4.11. The van der Waals surface area contributed by atoms with Gasteiger partial charge in [-0.15, -0.1) is 0 Å². The van der Waals surface area contributed by atoms with Crippen LogP contribution in [-0.4, -0.2) is 36.7 Å². The second kappa shape index (κ2) is 9.64. The fourth-order valence-corrected chi connectivity index (χ4v) is 4.73. The number of aliphatic hydroxyl groups is 1. The normalized spacial score (nSPS) is 13.8. The van der Waals surface area contributed by atoms with Gasteiger partial charge in [-0.1, -0.05) is 60.7 Å². The van der Waals surface area contributed by atoms with Crippen molar-refractivity contribution < 1.29 is 27.8 Å². The zero-order chi connectivity index (χ0) is 24.3. The Hall–Kier alpha value is -3.72. The van der Waals surface area contributed by atoms with Crippen LogP contribution in [0.2, 0.25) is 0 Å². The Morgan fingerprint density at radius 2 is 1.56 bits per heavy atom. The van der Waals surface area contributed by atoms with Gasteiger partial charge < -0.3 is 14.6 Å². The molecule has 3 aromatic carbocycles. The molecule has 0 aliphatic heterocycles. The number of nitrogens with one attached hydrogen (secondary N) is 1. The first-order valence-electron chi connectivity index (χ1n) is 10.5. The van der Waals surface area contributed by atoms with Gasteiger partial charge in [0, 0.05) is 5.39 Å². The van der Waals surface area contributed by atoms with E-state index in [0.29, 0.717) is 0 Å². The molecule has 0 radical (unpaired) electrons. The summed E-state index contributed by atoms with van der Waals surface area (Å²) in [5, 5.41) is 19.7. The Morgan fingerprint density at radius 1 is 0.941 bits per heavy atom. The van der Waals surface area contributed by atoms with Crippen molar-refractivity contribution in [2.75, 3.05) is 0 Å². The summed E-state index contributed by atoms with van der Waals surface area (Å²) >= 11 is 0. The molecule has 0 amide bonds. The number of hydrogen-bond donors (Lipinski definition) is 3. The monoisotopic (exact) mass is 477 g/mol. The number of carbonyl (C=O) groups is 1. The van der Waals surface area contributed by atoms with Crippen molar-refractivity contribution in [1.29, 1.82) is 0 Å². The third-order valence-electron chi connectivity index (χ3n) is 5.32. The maximum atomic E-state index is 12.5. The summed E-state index contributed by atoms with van der Waals surface area (Å²) < 4.78 is 32.8. The highest BCUT2D eigenvalue weighted by atomic mass is 32.2. The molecule has 0 bridgehead atoms. The molecule has 3 N–H and O–H groups in total. The van der Waals surface area contributed by atoms with Gasteiger partial charge in [-0.05, 0) is 54.0 Å². The number of carboxylic acid groups (broad SMARTS) is 1. The Kier molecular flexibility index (Phi) is 6.65. The van der Waals surface area contributed by atoms with Crippen molar-refractivity contribution in [3.05, 3.63) is 90.2 Å². The molecule has 174 valence electrons. The van der Waals surface area contributed by atoms with Gasteiger partial charge in [-0.3, -0.25) is 4.79 Å². The predicted molar refractivity (Wildman–Crippen MR) is 130 cm³/mol. The van der Waals surface area contributed by atoms with Crippen molar-refractivity contribution in [3.63, 3.8) is 0 Å². The van der Waals surface area contributed by atoms with Gasteiger partial charge in [0.05, 0.1) is 11.0 Å². The average Bonchev–Trinajstić information content (AvgIpc) is 3.24. The molecule has 0 saturated carbocycles. The molecule has 7 nitrogen and oxygen atoms in total. The van der Waals surface area contributed by atoms with Crippen LogP contribution < -0.4 is 4.72 Å². The van der Waals surface area contributed by atoms with Crippen LogP contribution in [0.3, 0.4) is 0 Å². The van der Waals surface area contributed by atoms with E-state index in [4.69, 9.17) is 9.52 Å². The highest BCUT2D eigenvalue weighted by Crippen LogP contribution is 2.24. The zero-order valence-corrected chi connectivity index (χ0v) is 19.1. The van der Waals surface area contributed by atoms with E-state index in [2.05, 4.69) is 0 Å². The number of carboxylic acids is 1. The first kappa shape index (κ1) is 23.4. The van der Waals surface area contributed by atoms with Gasteiger partial charge in [0.15, 0.2) is 0 Å². The van der Waals surface area contributed by atoms with E-state index in [1.165, 1.54) is 19.1 Å². The van der Waals surface area contributed by atoms with Gasteiger partial charge >= 0.3 is 5.97 Å². The lowest BCUT2D eigenvalue weighted by Gasteiger charge is -2.17. The number of benzene rings is 3. The standard InChI is InChI=1S/C26H23NO6S/c1-17(28)25(26(29)30)27-34(31,32)23-14-11-20(12-15-23)19-9-6-18(7-10-19)8-13-22-16-21-4-2-3-5-24(21)33-22/h2-17,25,27-28H,1H3,(H,29,30)/b13-8+/t17?,25-/m1/s1. The van der Waals surface area contributed by atoms with Crippen LogP contribution in [0.5, 0.6) is 0 Å². The van der Waals surface area contributed by atoms with Gasteiger partial charge in [0.1, 0.15) is 17.4 Å². The van der Waals surface area contributed by atoms with Crippen LogP contribution in [0.1, 0.15) is 18.2 Å². The zero-order valence-electron chi connectivity index (χ0n) is 18.3. The first-order valence-corrected chi connectivity index (χ1v) is 12.0. The third-order valence-corrected chi connectivity index (χ3v) is 6.78. The fraction of sp³-hybridized carbons (Fsp3) is 0.115. The molecule has 2 atom stereocenters. The molecule has 0 fully saturated rings. The Labute approximate surface area is 197 Å². The molecule has 1 unspecified atom stereocenters. The van der Waals surface area contributed by atoms with E-state index in [1.807, 2.05) is 71.5 Å². The number of hydrogen-bond acceptors (Lipinski definition) is 5.